The number of aryl methyl sites for hydroxylation is 3. The molecule has 3 aromatic heterocycles. The molecule has 4 aromatic rings. The van der Waals surface area contributed by atoms with E-state index in [-0.39, 0.29) is 11.5 Å². The van der Waals surface area contributed by atoms with Crippen molar-refractivity contribution in [2.45, 2.75) is 51.6 Å². The van der Waals surface area contributed by atoms with Gasteiger partial charge in [0.2, 0.25) is 5.91 Å². The number of nitrogens with zero attached hydrogens (tertiary/aromatic N) is 4. The summed E-state index contributed by atoms with van der Waals surface area (Å²) >= 11 is 0. The zero-order valence-electron chi connectivity index (χ0n) is 19.0. The summed E-state index contributed by atoms with van der Waals surface area (Å²) in [5.41, 5.74) is 6.53. The summed E-state index contributed by atoms with van der Waals surface area (Å²) in [7, 11) is 1.88. The molecule has 2 N–H and O–H groups in total. The van der Waals surface area contributed by atoms with E-state index in [1.54, 1.807) is 4.68 Å². The number of hydrogen-bond acceptors (Lipinski definition) is 4. The molecule has 1 aliphatic carbocycles. The van der Waals surface area contributed by atoms with Gasteiger partial charge in [-0.15, -0.1) is 0 Å². The Labute approximate surface area is 191 Å². The van der Waals surface area contributed by atoms with Crippen LogP contribution in [0.5, 0.6) is 0 Å². The average molecular weight is 445 g/mol. The molecule has 0 atom stereocenters. The Hall–Kier alpha value is -3.68. The van der Waals surface area contributed by atoms with Gasteiger partial charge in [-0.1, -0.05) is 29.8 Å². The van der Waals surface area contributed by atoms with Gasteiger partial charge in [0.25, 0.3) is 5.56 Å². The van der Waals surface area contributed by atoms with Gasteiger partial charge in [-0.05, 0) is 37.7 Å². The van der Waals surface area contributed by atoms with Crippen LogP contribution in [0.1, 0.15) is 48.4 Å². The first kappa shape index (κ1) is 21.2. The lowest BCUT2D eigenvalue weighted by molar-refractivity contribution is -0.121. The highest BCUT2D eigenvalue weighted by molar-refractivity contribution is 5.95. The largest absolute Gasteiger partial charge is 0.352 e. The number of fused-ring (bicyclic) bond motifs is 1. The third-order valence-corrected chi connectivity index (χ3v) is 6.24. The number of rotatable bonds is 8. The molecule has 8 heteroatoms. The highest BCUT2D eigenvalue weighted by Crippen LogP contribution is 2.47. The Kier molecular flexibility index (Phi) is 5.58. The maximum Gasteiger partial charge on any atom is 0.275 e. The summed E-state index contributed by atoms with van der Waals surface area (Å²) in [6, 6.07) is 8.15. The van der Waals surface area contributed by atoms with Crippen molar-refractivity contribution >= 4 is 16.9 Å². The predicted molar refractivity (Wildman–Crippen MR) is 127 cm³/mol. The van der Waals surface area contributed by atoms with Crippen LogP contribution in [0.25, 0.3) is 22.2 Å². The second-order valence-electron chi connectivity index (χ2n) is 8.88. The van der Waals surface area contributed by atoms with E-state index in [0.717, 1.165) is 35.2 Å². The monoisotopic (exact) mass is 444 g/mol. The molecule has 8 nitrogen and oxygen atoms in total. The van der Waals surface area contributed by atoms with E-state index < -0.39 is 0 Å². The molecule has 1 aromatic carbocycles. The normalized spacial score (nSPS) is 13.5. The van der Waals surface area contributed by atoms with Crippen LogP contribution in [0.15, 0.2) is 47.8 Å². The number of aromatic nitrogens is 5. The van der Waals surface area contributed by atoms with Crippen molar-refractivity contribution in [2.24, 2.45) is 7.05 Å². The number of aromatic amines is 1. The van der Waals surface area contributed by atoms with E-state index in [4.69, 9.17) is 0 Å². The van der Waals surface area contributed by atoms with E-state index in [2.05, 4.69) is 25.0 Å². The fourth-order valence-electron chi connectivity index (χ4n) is 4.44. The molecule has 0 bridgehead atoms. The van der Waals surface area contributed by atoms with E-state index in [1.807, 2.05) is 50.6 Å². The Morgan fingerprint density at radius 2 is 2.03 bits per heavy atom. The van der Waals surface area contributed by atoms with Gasteiger partial charge >= 0.3 is 0 Å². The second kappa shape index (κ2) is 8.69. The number of H-pyrrole nitrogens is 1. The van der Waals surface area contributed by atoms with Crippen LogP contribution in [0.4, 0.5) is 0 Å². The molecular formula is C25H28N6O2. The molecule has 0 unspecified atom stereocenters. The van der Waals surface area contributed by atoms with Crippen LogP contribution in [0.2, 0.25) is 0 Å². The van der Waals surface area contributed by atoms with E-state index in [1.165, 1.54) is 11.9 Å². The van der Waals surface area contributed by atoms with Crippen molar-refractivity contribution in [1.29, 1.82) is 0 Å². The zero-order valence-corrected chi connectivity index (χ0v) is 19.0. The quantitative estimate of drug-likeness (QED) is 0.435. The van der Waals surface area contributed by atoms with E-state index in [9.17, 15) is 9.59 Å². The fraction of sp³-hybridized carbons (Fsp3) is 0.360. The number of nitrogens with one attached hydrogen (secondary N) is 2. The van der Waals surface area contributed by atoms with Crippen molar-refractivity contribution in [3.05, 3.63) is 70.2 Å². The number of amides is 1. The summed E-state index contributed by atoms with van der Waals surface area (Å²) in [5.74, 6) is 0.420. The van der Waals surface area contributed by atoms with Crippen molar-refractivity contribution in [1.82, 2.24) is 29.6 Å². The Morgan fingerprint density at radius 1 is 1.24 bits per heavy atom. The summed E-state index contributed by atoms with van der Waals surface area (Å²) in [6.45, 7) is 3.16. The molecule has 33 heavy (non-hydrogen) atoms. The minimum Gasteiger partial charge on any atom is -0.352 e. The minimum absolute atomic E-state index is 0.0134. The van der Waals surface area contributed by atoms with Crippen LogP contribution in [0, 0.1) is 6.92 Å². The molecular weight excluding hydrogens is 416 g/mol. The maximum absolute atomic E-state index is 12.8. The van der Waals surface area contributed by atoms with E-state index in [0.29, 0.717) is 42.9 Å². The molecule has 1 saturated carbocycles. The minimum atomic E-state index is -0.152. The summed E-state index contributed by atoms with van der Waals surface area (Å²) < 4.78 is 3.86. The smallest absolute Gasteiger partial charge is 0.275 e. The average Bonchev–Trinajstić information content (AvgIpc) is 3.46. The molecule has 0 spiro atoms. The second-order valence-corrected chi connectivity index (χ2v) is 8.88. The van der Waals surface area contributed by atoms with Crippen LogP contribution < -0.4 is 10.9 Å². The summed E-state index contributed by atoms with van der Waals surface area (Å²) in [5, 5.41) is 7.33. The van der Waals surface area contributed by atoms with Gasteiger partial charge in [-0.2, -0.15) is 5.10 Å². The Balaban J connectivity index is 1.37. The summed E-state index contributed by atoms with van der Waals surface area (Å²) in [6.07, 6.45) is 8.49. The van der Waals surface area contributed by atoms with Gasteiger partial charge in [0.15, 0.2) is 0 Å². The van der Waals surface area contributed by atoms with E-state index >= 15 is 0 Å². The molecule has 1 amide bonds. The first-order valence-corrected chi connectivity index (χ1v) is 11.4. The Bertz CT molecular complexity index is 1360. The first-order chi connectivity index (χ1) is 16.0. The molecule has 0 saturated heterocycles. The van der Waals surface area contributed by atoms with Crippen LogP contribution >= 0.6 is 0 Å². The fourth-order valence-corrected chi connectivity index (χ4v) is 4.44. The van der Waals surface area contributed by atoms with Crippen molar-refractivity contribution in [3.63, 3.8) is 0 Å². The van der Waals surface area contributed by atoms with Gasteiger partial charge in [0.05, 0.1) is 12.5 Å². The SMILES string of the molecule is Cc1ccc(CNC(=O)CCCn2c(C3CC3)c(-c3cnn(C)c3)c3nc[nH]c(=O)c32)cc1. The molecule has 3 heterocycles. The number of hydrogen-bond donors (Lipinski definition) is 2. The van der Waals surface area contributed by atoms with Gasteiger partial charge in [0, 0.05) is 49.6 Å². The lowest BCUT2D eigenvalue weighted by Crippen LogP contribution is -2.23. The third kappa shape index (κ3) is 4.33. The standard InChI is InChI=1S/C25H28N6O2/c1-16-5-7-17(8-6-16)12-26-20(32)4-3-11-31-23(18-9-10-18)21(19-13-29-30(2)14-19)22-24(31)25(33)28-15-27-22/h5-8,13-15,18H,3-4,9-12H2,1-2H3,(H,26,32)(H,27,28,33). The molecule has 170 valence electrons. The highest BCUT2D eigenvalue weighted by atomic mass is 16.1. The number of carbonyl (C=O) groups excluding carboxylic acids is 1. The summed E-state index contributed by atoms with van der Waals surface area (Å²) in [4.78, 5) is 32.5. The first-order valence-electron chi connectivity index (χ1n) is 11.4. The molecule has 1 fully saturated rings. The Morgan fingerprint density at radius 3 is 2.73 bits per heavy atom. The van der Waals surface area contributed by atoms with Crippen LogP contribution in [0.3, 0.4) is 0 Å². The van der Waals surface area contributed by atoms with Crippen LogP contribution in [-0.4, -0.2) is 30.2 Å². The van der Waals surface area contributed by atoms with Gasteiger partial charge < -0.3 is 14.9 Å². The highest BCUT2D eigenvalue weighted by Gasteiger charge is 2.33. The topological polar surface area (TPSA) is 97.6 Å². The van der Waals surface area contributed by atoms with Crippen molar-refractivity contribution in [2.75, 3.05) is 0 Å². The lowest BCUT2D eigenvalue weighted by atomic mass is 10.1. The third-order valence-electron chi connectivity index (χ3n) is 6.24. The van der Waals surface area contributed by atoms with Gasteiger partial charge in [0.1, 0.15) is 11.0 Å². The lowest BCUT2D eigenvalue weighted by Gasteiger charge is -2.11. The van der Waals surface area contributed by atoms with Gasteiger partial charge in [-0.3, -0.25) is 14.3 Å². The predicted octanol–water partition coefficient (Wildman–Crippen LogP) is 3.41. The maximum atomic E-state index is 12.8. The van der Waals surface area contributed by atoms with Crippen molar-refractivity contribution in [3.8, 4) is 11.1 Å². The molecule has 0 aliphatic heterocycles. The number of carbonyl (C=O) groups is 1. The van der Waals surface area contributed by atoms with Crippen molar-refractivity contribution < 1.29 is 4.79 Å². The molecule has 1 aliphatic rings. The number of benzene rings is 1. The zero-order chi connectivity index (χ0) is 22.9. The van der Waals surface area contributed by atoms with Crippen LogP contribution in [-0.2, 0) is 24.9 Å². The molecule has 5 rings (SSSR count). The molecule has 0 radical (unpaired) electrons. The van der Waals surface area contributed by atoms with Gasteiger partial charge in [-0.25, -0.2) is 4.98 Å².